The molecule has 0 saturated heterocycles. The summed E-state index contributed by atoms with van der Waals surface area (Å²) in [5.74, 6) is 4.90. The van der Waals surface area contributed by atoms with Crippen molar-refractivity contribution in [3.63, 3.8) is 0 Å². The van der Waals surface area contributed by atoms with Crippen molar-refractivity contribution in [2.24, 2.45) is 16.7 Å². The average molecular weight is 291 g/mol. The maximum atomic E-state index is 13.5. The van der Waals surface area contributed by atoms with Gasteiger partial charge in [0.2, 0.25) is 0 Å². The molecule has 0 heterocycles. The Balaban J connectivity index is 3.31. The van der Waals surface area contributed by atoms with Gasteiger partial charge in [0, 0.05) is 11.5 Å². The van der Waals surface area contributed by atoms with Crippen LogP contribution in [-0.2, 0) is 0 Å². The lowest BCUT2D eigenvalue weighted by Gasteiger charge is -2.11. The van der Waals surface area contributed by atoms with Gasteiger partial charge in [-0.25, -0.2) is 15.4 Å². The van der Waals surface area contributed by atoms with Crippen LogP contribution in [-0.4, -0.2) is 25.1 Å². The second kappa shape index (κ2) is 5.13. The van der Waals surface area contributed by atoms with Crippen molar-refractivity contribution in [2.75, 3.05) is 14.2 Å². The largest absolute Gasteiger partial charge is 0.493 e. The van der Waals surface area contributed by atoms with Gasteiger partial charge in [0.25, 0.3) is 0 Å². The minimum absolute atomic E-state index is 0.0336. The molecule has 0 amide bonds. The van der Waals surface area contributed by atoms with Crippen molar-refractivity contribution in [1.29, 1.82) is 0 Å². The van der Waals surface area contributed by atoms with Gasteiger partial charge in [0.05, 0.1) is 12.7 Å². The smallest absolute Gasteiger partial charge is 0.166 e. The fourth-order valence-electron chi connectivity index (χ4n) is 1.18. The van der Waals surface area contributed by atoms with E-state index < -0.39 is 5.82 Å². The Bertz CT molecular complexity index is 422. The third-order valence-corrected chi connectivity index (χ3v) is 2.21. The first-order chi connectivity index (χ1) is 7.45. The third kappa shape index (κ3) is 2.83. The highest BCUT2D eigenvalue weighted by molar-refractivity contribution is 9.10. The number of hydrogen-bond acceptors (Lipinski definition) is 4. The number of halogens is 2. The Kier molecular flexibility index (Phi) is 4.08. The van der Waals surface area contributed by atoms with Gasteiger partial charge >= 0.3 is 0 Å². The number of hydrazine groups is 1. The Morgan fingerprint density at radius 1 is 1.56 bits per heavy atom. The molecule has 0 unspecified atom stereocenters. The first kappa shape index (κ1) is 12.7. The van der Waals surface area contributed by atoms with E-state index in [-0.39, 0.29) is 11.6 Å². The predicted molar refractivity (Wildman–Crippen MR) is 63.3 cm³/mol. The summed E-state index contributed by atoms with van der Waals surface area (Å²) in [7, 11) is 2.86. The molecule has 1 rings (SSSR count). The highest BCUT2D eigenvalue weighted by Crippen LogP contribution is 2.26. The molecule has 0 aliphatic carbocycles. The lowest BCUT2D eigenvalue weighted by molar-refractivity contribution is 0.369. The molecule has 7 heteroatoms. The zero-order valence-electron chi connectivity index (χ0n) is 8.87. The third-order valence-electron chi connectivity index (χ3n) is 1.75. The number of ether oxygens (including phenoxy) is 1. The summed E-state index contributed by atoms with van der Waals surface area (Å²) in [4.78, 5) is 0. The van der Waals surface area contributed by atoms with Gasteiger partial charge in [0.1, 0.15) is 0 Å². The Morgan fingerprint density at radius 2 is 2.19 bits per heavy atom. The highest BCUT2D eigenvalue weighted by Gasteiger charge is 2.14. The molecule has 0 spiro atoms. The van der Waals surface area contributed by atoms with Crippen molar-refractivity contribution in [1.82, 2.24) is 5.12 Å². The average Bonchev–Trinajstić information content (AvgIpc) is 2.15. The van der Waals surface area contributed by atoms with Gasteiger partial charge in [-0.2, -0.15) is 0 Å². The second-order valence-electron chi connectivity index (χ2n) is 3.03. The zero-order chi connectivity index (χ0) is 12.3. The predicted octanol–water partition coefficient (Wildman–Crippen LogP) is 1.02. The summed E-state index contributed by atoms with van der Waals surface area (Å²) < 4.78 is 19.0. The van der Waals surface area contributed by atoms with E-state index in [1.54, 1.807) is 6.07 Å². The number of rotatable bonds is 3. The van der Waals surface area contributed by atoms with Crippen molar-refractivity contribution in [3.05, 3.63) is 28.0 Å². The number of hydrogen-bond donors (Lipinski definition) is 2. The SMILES string of the molecule is COc1c(F)cc(Br)cc1/C(N)=N/N(C)N. The standard InChI is InChI=1S/C9H12BrFN4O/c1-15(13)14-9(12)6-3-5(10)4-7(11)8(6)16-2/h3-4H,13H2,1-2H3,(H2,12,14). The lowest BCUT2D eigenvalue weighted by Crippen LogP contribution is -2.26. The highest BCUT2D eigenvalue weighted by atomic mass is 79.9. The Hall–Kier alpha value is -1.34. The molecular weight excluding hydrogens is 279 g/mol. The van der Waals surface area contributed by atoms with Crippen LogP contribution in [0.5, 0.6) is 5.75 Å². The summed E-state index contributed by atoms with van der Waals surface area (Å²) in [6.07, 6.45) is 0. The summed E-state index contributed by atoms with van der Waals surface area (Å²) >= 11 is 3.16. The molecule has 0 aliphatic rings. The van der Waals surface area contributed by atoms with E-state index in [0.717, 1.165) is 5.12 Å². The monoisotopic (exact) mass is 290 g/mol. The van der Waals surface area contributed by atoms with Crippen LogP contribution in [0.2, 0.25) is 0 Å². The quantitative estimate of drug-likeness (QED) is 0.377. The van der Waals surface area contributed by atoms with Crippen LogP contribution in [0.4, 0.5) is 4.39 Å². The molecule has 88 valence electrons. The fraction of sp³-hybridized carbons (Fsp3) is 0.222. The number of methoxy groups -OCH3 is 1. The second-order valence-corrected chi connectivity index (χ2v) is 3.94. The minimum Gasteiger partial charge on any atom is -0.493 e. The van der Waals surface area contributed by atoms with Crippen LogP contribution in [0.15, 0.2) is 21.7 Å². The molecule has 0 radical (unpaired) electrons. The maximum Gasteiger partial charge on any atom is 0.166 e. The van der Waals surface area contributed by atoms with Crippen molar-refractivity contribution in [3.8, 4) is 5.75 Å². The van der Waals surface area contributed by atoms with Crippen LogP contribution in [0, 0.1) is 5.82 Å². The molecule has 4 N–H and O–H groups in total. The molecule has 0 bridgehead atoms. The number of benzene rings is 1. The van der Waals surface area contributed by atoms with E-state index in [1.807, 2.05) is 0 Å². The van der Waals surface area contributed by atoms with Gasteiger partial charge in [-0.3, -0.25) is 0 Å². The molecule has 16 heavy (non-hydrogen) atoms. The van der Waals surface area contributed by atoms with Gasteiger partial charge in [-0.1, -0.05) is 15.9 Å². The molecule has 1 aromatic carbocycles. The number of nitrogens with two attached hydrogens (primary N) is 2. The summed E-state index contributed by atoms with van der Waals surface area (Å²) in [6.45, 7) is 0. The van der Waals surface area contributed by atoms with Crippen LogP contribution in [0.3, 0.4) is 0 Å². The van der Waals surface area contributed by atoms with Crippen molar-refractivity contribution in [2.45, 2.75) is 0 Å². The molecule has 0 aromatic heterocycles. The van der Waals surface area contributed by atoms with E-state index in [9.17, 15) is 4.39 Å². The molecule has 0 saturated carbocycles. The summed E-state index contributed by atoms with van der Waals surface area (Å²) in [6, 6.07) is 2.88. The number of nitrogens with zero attached hydrogens (tertiary/aromatic N) is 2. The molecule has 5 nitrogen and oxygen atoms in total. The fourth-order valence-corrected chi connectivity index (χ4v) is 1.61. The lowest BCUT2D eigenvalue weighted by atomic mass is 10.2. The topological polar surface area (TPSA) is 76.9 Å². The maximum absolute atomic E-state index is 13.5. The molecule has 1 aromatic rings. The van der Waals surface area contributed by atoms with Crippen LogP contribution >= 0.6 is 15.9 Å². The van der Waals surface area contributed by atoms with E-state index >= 15 is 0 Å². The Morgan fingerprint density at radius 3 is 2.69 bits per heavy atom. The van der Waals surface area contributed by atoms with Crippen LogP contribution < -0.4 is 16.3 Å². The minimum atomic E-state index is -0.523. The van der Waals surface area contributed by atoms with Crippen LogP contribution in [0.25, 0.3) is 0 Å². The number of hydrazone groups is 1. The van der Waals surface area contributed by atoms with E-state index in [4.69, 9.17) is 16.3 Å². The zero-order valence-corrected chi connectivity index (χ0v) is 10.5. The van der Waals surface area contributed by atoms with E-state index in [2.05, 4.69) is 21.0 Å². The molecule has 0 fully saturated rings. The first-order valence-corrected chi connectivity index (χ1v) is 5.11. The molecular formula is C9H12BrFN4O. The first-order valence-electron chi connectivity index (χ1n) is 4.31. The molecule has 0 atom stereocenters. The van der Waals surface area contributed by atoms with E-state index in [1.165, 1.54) is 20.2 Å². The van der Waals surface area contributed by atoms with Crippen molar-refractivity contribution < 1.29 is 9.13 Å². The van der Waals surface area contributed by atoms with Gasteiger partial charge in [-0.05, 0) is 12.1 Å². The van der Waals surface area contributed by atoms with Crippen molar-refractivity contribution >= 4 is 21.8 Å². The van der Waals surface area contributed by atoms with E-state index in [0.29, 0.717) is 10.0 Å². The summed E-state index contributed by atoms with van der Waals surface area (Å²) in [5.41, 5.74) is 6.01. The van der Waals surface area contributed by atoms with Gasteiger partial charge in [-0.15, -0.1) is 5.10 Å². The number of amidine groups is 1. The Labute approximate surface area is 101 Å². The molecule has 0 aliphatic heterocycles. The van der Waals surface area contributed by atoms with Gasteiger partial charge in [0.15, 0.2) is 17.4 Å². The summed E-state index contributed by atoms with van der Waals surface area (Å²) in [5, 5.41) is 4.81. The van der Waals surface area contributed by atoms with Gasteiger partial charge < -0.3 is 10.5 Å². The van der Waals surface area contributed by atoms with Crippen LogP contribution in [0.1, 0.15) is 5.56 Å². The normalized spacial score (nSPS) is 11.4.